The highest BCUT2D eigenvalue weighted by Crippen LogP contribution is 2.28. The van der Waals surface area contributed by atoms with Crippen LogP contribution in [0.4, 0.5) is 10.5 Å². The number of anilines is 1. The second-order valence-corrected chi connectivity index (χ2v) is 8.40. The van der Waals surface area contributed by atoms with Crippen molar-refractivity contribution in [2.75, 3.05) is 18.4 Å². The molecule has 3 rings (SSSR count). The molecule has 0 radical (unpaired) electrons. The fraction of sp³-hybridized carbons (Fsp3) is 0.364. The number of carbonyl (C=O) groups excluding carboxylic acids is 2. The van der Waals surface area contributed by atoms with Crippen LogP contribution in [0.15, 0.2) is 42.5 Å². The number of halogens is 2. The minimum atomic E-state index is -0.229. The first-order valence-corrected chi connectivity index (χ1v) is 10.7. The lowest BCUT2D eigenvalue weighted by Crippen LogP contribution is -2.48. The van der Waals surface area contributed by atoms with Gasteiger partial charge in [0.15, 0.2) is 0 Å². The zero-order chi connectivity index (χ0) is 21.7. The maximum Gasteiger partial charge on any atom is 0.317 e. The van der Waals surface area contributed by atoms with Crippen molar-refractivity contribution < 1.29 is 14.7 Å². The molecule has 3 amide bonds. The van der Waals surface area contributed by atoms with Crippen molar-refractivity contribution in [3.8, 4) is 5.75 Å². The lowest BCUT2D eigenvalue weighted by molar-refractivity contribution is -0.121. The predicted octanol–water partition coefficient (Wildman–Crippen LogP) is 4.69. The van der Waals surface area contributed by atoms with E-state index in [1.165, 1.54) is 12.1 Å². The Labute approximate surface area is 186 Å². The van der Waals surface area contributed by atoms with Crippen LogP contribution in [0.5, 0.6) is 5.75 Å². The van der Waals surface area contributed by atoms with E-state index in [2.05, 4.69) is 10.6 Å². The topological polar surface area (TPSA) is 81.7 Å². The van der Waals surface area contributed by atoms with E-state index in [0.29, 0.717) is 48.1 Å². The lowest BCUT2D eigenvalue weighted by Gasteiger charge is -2.32. The molecule has 0 unspecified atom stereocenters. The Kier molecular flexibility index (Phi) is 7.45. The van der Waals surface area contributed by atoms with Gasteiger partial charge in [-0.3, -0.25) is 4.79 Å². The van der Waals surface area contributed by atoms with Crippen molar-refractivity contribution in [3.05, 3.63) is 58.1 Å². The Bertz CT molecular complexity index is 914. The molecule has 1 aliphatic heterocycles. The van der Waals surface area contributed by atoms with Gasteiger partial charge in [-0.25, -0.2) is 4.79 Å². The van der Waals surface area contributed by atoms with Gasteiger partial charge in [-0.1, -0.05) is 41.4 Å². The van der Waals surface area contributed by atoms with Crippen LogP contribution in [-0.4, -0.2) is 41.1 Å². The normalized spacial score (nSPS) is 15.5. The summed E-state index contributed by atoms with van der Waals surface area (Å²) >= 11 is 12.1. The van der Waals surface area contributed by atoms with Crippen molar-refractivity contribution >= 4 is 40.8 Å². The Hall–Kier alpha value is -2.44. The van der Waals surface area contributed by atoms with Crippen LogP contribution < -0.4 is 10.6 Å². The molecule has 2 aromatic rings. The molecule has 2 aromatic carbocycles. The Morgan fingerprint density at radius 1 is 1.17 bits per heavy atom. The quantitative estimate of drug-likeness (QED) is 0.578. The maximum absolute atomic E-state index is 12.6. The van der Waals surface area contributed by atoms with Crippen molar-refractivity contribution in [3.63, 3.8) is 0 Å². The maximum atomic E-state index is 12.6. The van der Waals surface area contributed by atoms with Crippen LogP contribution in [0.3, 0.4) is 0 Å². The number of benzene rings is 2. The summed E-state index contributed by atoms with van der Waals surface area (Å²) in [5.74, 6) is -0.440. The fourth-order valence-electron chi connectivity index (χ4n) is 3.53. The summed E-state index contributed by atoms with van der Waals surface area (Å²) < 4.78 is 0. The molecule has 0 aromatic heterocycles. The van der Waals surface area contributed by atoms with E-state index in [-0.39, 0.29) is 29.6 Å². The van der Waals surface area contributed by atoms with Crippen LogP contribution >= 0.6 is 23.2 Å². The van der Waals surface area contributed by atoms with Gasteiger partial charge in [-0.15, -0.1) is 0 Å². The summed E-state index contributed by atoms with van der Waals surface area (Å²) in [6, 6.07) is 11.9. The number of nitrogens with zero attached hydrogens (tertiary/aromatic N) is 1. The molecule has 1 atom stereocenters. The Morgan fingerprint density at radius 2 is 1.87 bits per heavy atom. The average molecular weight is 450 g/mol. The Balaban J connectivity index is 1.47. The molecule has 160 valence electrons. The Morgan fingerprint density at radius 3 is 2.57 bits per heavy atom. The molecule has 3 N–H and O–H groups in total. The first kappa shape index (κ1) is 22.2. The third-order valence-electron chi connectivity index (χ3n) is 5.22. The molecule has 0 saturated carbocycles. The minimum absolute atomic E-state index is 0.0305. The first-order chi connectivity index (χ1) is 14.3. The van der Waals surface area contributed by atoms with Gasteiger partial charge in [-0.05, 0) is 56.0 Å². The number of nitrogens with one attached hydrogen (secondary N) is 2. The summed E-state index contributed by atoms with van der Waals surface area (Å²) in [4.78, 5) is 26.8. The number of hydrogen-bond donors (Lipinski definition) is 3. The molecule has 0 bridgehead atoms. The molecule has 8 heteroatoms. The van der Waals surface area contributed by atoms with Crippen LogP contribution in [0.1, 0.15) is 25.3 Å². The standard InChI is InChI=1S/C22H25Cl2N3O3/c1-14(12-16-4-2-3-5-18(16)24)25-22(30)27-10-8-15(9-11-27)21(29)26-19-13-17(23)6-7-20(19)28/h2-7,13-15,28H,8-12H2,1H3,(H,25,30)(H,26,29)/t14-/m1/s1. The molecule has 1 saturated heterocycles. The van der Waals surface area contributed by atoms with Gasteiger partial charge < -0.3 is 20.6 Å². The van der Waals surface area contributed by atoms with E-state index >= 15 is 0 Å². The molecular weight excluding hydrogens is 425 g/mol. The van der Waals surface area contributed by atoms with Gasteiger partial charge >= 0.3 is 6.03 Å². The van der Waals surface area contributed by atoms with Crippen molar-refractivity contribution in [2.24, 2.45) is 5.92 Å². The predicted molar refractivity (Wildman–Crippen MR) is 119 cm³/mol. The molecule has 1 fully saturated rings. The number of carbonyl (C=O) groups is 2. The molecule has 30 heavy (non-hydrogen) atoms. The smallest absolute Gasteiger partial charge is 0.317 e. The van der Waals surface area contributed by atoms with E-state index in [4.69, 9.17) is 23.2 Å². The van der Waals surface area contributed by atoms with E-state index < -0.39 is 0 Å². The SMILES string of the molecule is C[C@H](Cc1ccccc1Cl)NC(=O)N1CCC(C(=O)Nc2cc(Cl)ccc2O)CC1. The number of rotatable bonds is 5. The minimum Gasteiger partial charge on any atom is -0.506 e. The van der Waals surface area contributed by atoms with E-state index in [1.54, 1.807) is 11.0 Å². The van der Waals surface area contributed by atoms with E-state index in [0.717, 1.165) is 5.56 Å². The summed E-state index contributed by atoms with van der Waals surface area (Å²) in [5.41, 5.74) is 1.28. The van der Waals surface area contributed by atoms with Gasteiger partial charge in [0.1, 0.15) is 5.75 Å². The van der Waals surface area contributed by atoms with Gasteiger partial charge in [0.2, 0.25) is 5.91 Å². The first-order valence-electron chi connectivity index (χ1n) is 9.91. The van der Waals surface area contributed by atoms with Gasteiger partial charge in [0, 0.05) is 35.1 Å². The number of phenolic OH excluding ortho intramolecular Hbond substituents is 1. The summed E-state index contributed by atoms with van der Waals surface area (Å²) in [6.07, 6.45) is 1.76. The molecule has 0 aliphatic carbocycles. The molecule has 0 spiro atoms. The zero-order valence-corrected chi connectivity index (χ0v) is 18.2. The summed E-state index contributed by atoms with van der Waals surface area (Å²) in [6.45, 7) is 2.92. The molecule has 6 nitrogen and oxygen atoms in total. The van der Waals surface area contributed by atoms with Gasteiger partial charge in [-0.2, -0.15) is 0 Å². The van der Waals surface area contributed by atoms with Gasteiger partial charge in [0.05, 0.1) is 5.69 Å². The van der Waals surface area contributed by atoms with Crippen molar-refractivity contribution in [1.29, 1.82) is 0 Å². The van der Waals surface area contributed by atoms with Crippen LogP contribution in [0.2, 0.25) is 10.0 Å². The van der Waals surface area contributed by atoms with Crippen molar-refractivity contribution in [2.45, 2.75) is 32.2 Å². The average Bonchev–Trinajstić information content (AvgIpc) is 2.72. The number of amides is 3. The number of likely N-dealkylation sites (tertiary alicyclic amines) is 1. The molecule has 1 heterocycles. The van der Waals surface area contributed by atoms with Crippen LogP contribution in [-0.2, 0) is 11.2 Å². The monoisotopic (exact) mass is 449 g/mol. The molecular formula is C22H25Cl2N3O3. The lowest BCUT2D eigenvalue weighted by atomic mass is 9.96. The molecule has 1 aliphatic rings. The van der Waals surface area contributed by atoms with Crippen molar-refractivity contribution in [1.82, 2.24) is 10.2 Å². The highest BCUT2D eigenvalue weighted by Gasteiger charge is 2.28. The largest absolute Gasteiger partial charge is 0.506 e. The van der Waals surface area contributed by atoms with Crippen LogP contribution in [0, 0.1) is 5.92 Å². The number of phenols is 1. The van der Waals surface area contributed by atoms with Crippen LogP contribution in [0.25, 0.3) is 0 Å². The summed E-state index contributed by atoms with van der Waals surface area (Å²) in [5, 5.41) is 16.7. The summed E-state index contributed by atoms with van der Waals surface area (Å²) in [7, 11) is 0. The highest BCUT2D eigenvalue weighted by molar-refractivity contribution is 6.31. The fourth-order valence-corrected chi connectivity index (χ4v) is 3.92. The number of aromatic hydroxyl groups is 1. The van der Waals surface area contributed by atoms with E-state index in [9.17, 15) is 14.7 Å². The number of piperidine rings is 1. The zero-order valence-electron chi connectivity index (χ0n) is 16.7. The third-order valence-corrected chi connectivity index (χ3v) is 5.83. The number of urea groups is 1. The van der Waals surface area contributed by atoms with Gasteiger partial charge in [0.25, 0.3) is 0 Å². The second kappa shape index (κ2) is 10.0. The number of hydrogen-bond acceptors (Lipinski definition) is 3. The third kappa shape index (κ3) is 5.80. The second-order valence-electron chi connectivity index (χ2n) is 7.56. The van der Waals surface area contributed by atoms with E-state index in [1.807, 2.05) is 31.2 Å². The highest BCUT2D eigenvalue weighted by atomic mass is 35.5.